The molecule has 10 heavy (non-hydrogen) atoms. The molecule has 0 rings (SSSR count). The van der Waals surface area contributed by atoms with E-state index in [1.165, 1.54) is 5.49 Å². The molecule has 1 atom stereocenters. The minimum atomic E-state index is 0.321. The van der Waals surface area contributed by atoms with Crippen molar-refractivity contribution in [3.63, 3.8) is 0 Å². The molecule has 0 fully saturated rings. The summed E-state index contributed by atoms with van der Waals surface area (Å²) >= 11 is 8.57. The van der Waals surface area contributed by atoms with Crippen LogP contribution in [0.25, 0.3) is 0 Å². The maximum atomic E-state index is 4.60. The molecule has 0 aliphatic heterocycles. The first kappa shape index (κ1) is 9.78. The molecule has 2 N–H and O–H groups in total. The first-order chi connectivity index (χ1) is 4.66. The zero-order chi connectivity index (χ0) is 7.98. The Morgan fingerprint density at radius 2 is 2.50 bits per heavy atom. The first-order valence-corrected chi connectivity index (χ1v) is 3.90. The summed E-state index contributed by atoms with van der Waals surface area (Å²) in [7, 11) is 0. The van der Waals surface area contributed by atoms with Crippen LogP contribution >= 0.6 is 24.8 Å². The van der Waals surface area contributed by atoms with Crippen molar-refractivity contribution >= 4 is 30.3 Å². The van der Waals surface area contributed by atoms with E-state index in [-0.39, 0.29) is 0 Å². The van der Waals surface area contributed by atoms with Gasteiger partial charge in [-0.05, 0) is 6.92 Å². The Balaban J connectivity index is 3.29. The summed E-state index contributed by atoms with van der Waals surface area (Å²) in [4.78, 5) is 0. The molecule has 2 nitrogen and oxygen atoms in total. The lowest BCUT2D eigenvalue weighted by molar-refractivity contribution is 0.634. The SMILES string of the molecule is C=C(S)NCC(C)NC=S. The molecule has 0 spiro atoms. The summed E-state index contributed by atoms with van der Waals surface area (Å²) < 4.78 is 0. The van der Waals surface area contributed by atoms with Gasteiger partial charge in [0, 0.05) is 12.6 Å². The lowest BCUT2D eigenvalue weighted by atomic mass is 10.3. The fourth-order valence-electron chi connectivity index (χ4n) is 0.446. The zero-order valence-electron chi connectivity index (χ0n) is 5.92. The highest BCUT2D eigenvalue weighted by atomic mass is 32.1. The van der Waals surface area contributed by atoms with E-state index in [1.54, 1.807) is 0 Å². The Morgan fingerprint density at radius 1 is 1.90 bits per heavy atom. The highest BCUT2D eigenvalue weighted by Crippen LogP contribution is 1.88. The molecule has 4 heteroatoms. The minimum Gasteiger partial charge on any atom is -0.379 e. The van der Waals surface area contributed by atoms with Gasteiger partial charge in [-0.3, -0.25) is 0 Å². The fourth-order valence-corrected chi connectivity index (χ4v) is 0.770. The molecule has 0 aliphatic rings. The van der Waals surface area contributed by atoms with Crippen molar-refractivity contribution < 1.29 is 0 Å². The molecule has 0 aromatic heterocycles. The van der Waals surface area contributed by atoms with Gasteiger partial charge in [-0.1, -0.05) is 18.8 Å². The van der Waals surface area contributed by atoms with Crippen LogP contribution in [0.5, 0.6) is 0 Å². The highest BCUT2D eigenvalue weighted by molar-refractivity contribution is 7.84. The summed E-state index contributed by atoms with van der Waals surface area (Å²) in [5, 5.41) is 6.60. The van der Waals surface area contributed by atoms with Crippen molar-refractivity contribution in [2.45, 2.75) is 13.0 Å². The molecule has 0 aliphatic carbocycles. The van der Waals surface area contributed by atoms with Gasteiger partial charge in [-0.2, -0.15) is 0 Å². The maximum Gasteiger partial charge on any atom is 0.0617 e. The Hall–Kier alpha value is -0.220. The summed E-state index contributed by atoms with van der Waals surface area (Å²) in [6.45, 7) is 6.38. The number of hydrogen-bond donors (Lipinski definition) is 3. The van der Waals surface area contributed by atoms with Crippen LogP contribution in [0.1, 0.15) is 6.92 Å². The summed E-state index contributed by atoms with van der Waals surface area (Å²) in [6.07, 6.45) is 0. The predicted octanol–water partition coefficient (Wildman–Crippen LogP) is 0.912. The van der Waals surface area contributed by atoms with Crippen molar-refractivity contribution in [1.29, 1.82) is 0 Å². The van der Waals surface area contributed by atoms with Crippen LogP contribution < -0.4 is 10.6 Å². The topological polar surface area (TPSA) is 24.1 Å². The van der Waals surface area contributed by atoms with E-state index in [9.17, 15) is 0 Å². The quantitative estimate of drug-likeness (QED) is 0.429. The van der Waals surface area contributed by atoms with Crippen LogP contribution in [0.2, 0.25) is 0 Å². The lowest BCUT2D eigenvalue weighted by Gasteiger charge is -2.11. The molecular weight excluding hydrogens is 164 g/mol. The van der Waals surface area contributed by atoms with Crippen LogP contribution in [0.15, 0.2) is 11.6 Å². The number of thiocarbonyl (C=S) groups is 1. The maximum absolute atomic E-state index is 4.60. The van der Waals surface area contributed by atoms with E-state index in [0.29, 0.717) is 11.1 Å². The van der Waals surface area contributed by atoms with Crippen molar-refractivity contribution in [1.82, 2.24) is 10.6 Å². The van der Waals surface area contributed by atoms with Crippen molar-refractivity contribution in [2.24, 2.45) is 0 Å². The minimum absolute atomic E-state index is 0.321. The van der Waals surface area contributed by atoms with Crippen LogP contribution in [0.4, 0.5) is 0 Å². The molecule has 1 unspecified atom stereocenters. The van der Waals surface area contributed by atoms with Gasteiger partial charge in [-0.25, -0.2) is 0 Å². The number of thiol groups is 1. The van der Waals surface area contributed by atoms with E-state index in [1.807, 2.05) is 6.92 Å². The van der Waals surface area contributed by atoms with E-state index in [0.717, 1.165) is 6.54 Å². The van der Waals surface area contributed by atoms with E-state index < -0.39 is 0 Å². The molecule has 0 saturated carbocycles. The summed E-state index contributed by atoms with van der Waals surface area (Å²) in [5.74, 6) is 0. The average Bonchev–Trinajstić information content (AvgIpc) is 1.85. The molecule has 0 radical (unpaired) electrons. The normalized spacial score (nSPS) is 11.8. The predicted molar refractivity (Wildman–Crippen MR) is 52.4 cm³/mol. The smallest absolute Gasteiger partial charge is 0.0617 e. The summed E-state index contributed by atoms with van der Waals surface area (Å²) in [5.41, 5.74) is 1.51. The van der Waals surface area contributed by atoms with Crippen LogP contribution in [-0.2, 0) is 0 Å². The van der Waals surface area contributed by atoms with Gasteiger partial charge in [0.25, 0.3) is 0 Å². The molecule has 0 aromatic carbocycles. The second kappa shape index (κ2) is 5.56. The van der Waals surface area contributed by atoms with Crippen LogP contribution in [-0.4, -0.2) is 18.1 Å². The Bertz CT molecular complexity index is 125. The van der Waals surface area contributed by atoms with E-state index in [4.69, 9.17) is 0 Å². The van der Waals surface area contributed by atoms with Gasteiger partial charge in [0.2, 0.25) is 0 Å². The standard InChI is InChI=1S/C6H12N2S2/c1-5(8-4-9)3-7-6(2)10/h4-5,7,10H,2-3H2,1H3,(H,8,9). The Morgan fingerprint density at radius 3 is 2.90 bits per heavy atom. The van der Waals surface area contributed by atoms with Gasteiger partial charge in [0.15, 0.2) is 0 Å². The average molecular weight is 176 g/mol. The van der Waals surface area contributed by atoms with Gasteiger partial charge in [0.05, 0.1) is 10.5 Å². The Labute approximate surface area is 72.5 Å². The zero-order valence-corrected chi connectivity index (χ0v) is 7.64. The van der Waals surface area contributed by atoms with Crippen molar-refractivity contribution in [3.8, 4) is 0 Å². The van der Waals surface area contributed by atoms with Gasteiger partial charge in [0.1, 0.15) is 0 Å². The first-order valence-electron chi connectivity index (χ1n) is 2.98. The monoisotopic (exact) mass is 176 g/mol. The van der Waals surface area contributed by atoms with E-state index >= 15 is 0 Å². The number of nitrogens with one attached hydrogen (secondary N) is 2. The molecule has 58 valence electrons. The third-order valence-corrected chi connectivity index (χ3v) is 1.26. The highest BCUT2D eigenvalue weighted by Gasteiger charge is 1.95. The second-order valence-corrected chi connectivity index (χ2v) is 2.79. The number of rotatable bonds is 5. The molecule has 0 aromatic rings. The van der Waals surface area contributed by atoms with Crippen LogP contribution in [0.3, 0.4) is 0 Å². The fraction of sp³-hybridized carbons (Fsp3) is 0.500. The summed E-state index contributed by atoms with van der Waals surface area (Å²) in [6, 6.07) is 0.321. The molecule has 0 bridgehead atoms. The van der Waals surface area contributed by atoms with Crippen LogP contribution in [0, 0.1) is 0 Å². The number of hydrogen-bond acceptors (Lipinski definition) is 3. The third-order valence-electron chi connectivity index (χ3n) is 0.965. The Kier molecular flexibility index (Phi) is 5.43. The molecule has 0 amide bonds. The van der Waals surface area contributed by atoms with E-state index in [2.05, 4.69) is 42.1 Å². The van der Waals surface area contributed by atoms with Gasteiger partial charge in [-0.15, -0.1) is 12.6 Å². The largest absolute Gasteiger partial charge is 0.379 e. The molecule has 0 heterocycles. The van der Waals surface area contributed by atoms with Crippen molar-refractivity contribution in [3.05, 3.63) is 11.6 Å². The molecule has 0 saturated heterocycles. The van der Waals surface area contributed by atoms with Gasteiger partial charge < -0.3 is 10.6 Å². The third kappa shape index (κ3) is 5.91. The second-order valence-electron chi connectivity index (χ2n) is 2.01. The lowest BCUT2D eigenvalue weighted by Crippen LogP contribution is -2.33. The van der Waals surface area contributed by atoms with Gasteiger partial charge >= 0.3 is 0 Å². The molecular formula is C6H12N2S2. The van der Waals surface area contributed by atoms with Crippen molar-refractivity contribution in [2.75, 3.05) is 6.54 Å².